The molecular formula is C10H14F2N2. The van der Waals surface area contributed by atoms with Gasteiger partial charge in [-0.1, -0.05) is 13.3 Å². The van der Waals surface area contributed by atoms with Gasteiger partial charge in [0.15, 0.2) is 0 Å². The molecule has 0 spiro atoms. The first kappa shape index (κ1) is 10.9. The number of nitrogen functional groups attached to an aromatic ring is 1. The van der Waals surface area contributed by atoms with Crippen molar-refractivity contribution < 1.29 is 8.78 Å². The molecule has 4 heteroatoms. The Bertz CT molecular complexity index is 326. The summed E-state index contributed by atoms with van der Waals surface area (Å²) in [6, 6.07) is 1.58. The maximum absolute atomic E-state index is 13.3. The number of halogens is 2. The fraction of sp³-hybridized carbons (Fsp3) is 0.400. The predicted octanol–water partition coefficient (Wildman–Crippen LogP) is 2.35. The Labute approximate surface area is 81.9 Å². The largest absolute Gasteiger partial charge is 0.396 e. The van der Waals surface area contributed by atoms with Gasteiger partial charge in [-0.15, -0.1) is 0 Å². The topological polar surface area (TPSA) is 52.0 Å². The van der Waals surface area contributed by atoms with Crippen LogP contribution in [0.2, 0.25) is 0 Å². The Balaban J connectivity index is 3.02. The van der Waals surface area contributed by atoms with E-state index in [-0.39, 0.29) is 11.3 Å². The second kappa shape index (κ2) is 4.37. The van der Waals surface area contributed by atoms with Crippen molar-refractivity contribution in [1.29, 1.82) is 0 Å². The number of rotatable bonds is 3. The molecule has 1 rings (SSSR count). The van der Waals surface area contributed by atoms with Gasteiger partial charge in [0.2, 0.25) is 0 Å². The van der Waals surface area contributed by atoms with Gasteiger partial charge in [-0.25, -0.2) is 8.78 Å². The predicted molar refractivity (Wildman–Crippen MR) is 52.6 cm³/mol. The second-order valence-corrected chi connectivity index (χ2v) is 3.29. The van der Waals surface area contributed by atoms with Crippen molar-refractivity contribution in [2.24, 2.45) is 5.73 Å². The lowest BCUT2D eigenvalue weighted by Crippen LogP contribution is -2.12. The minimum absolute atomic E-state index is 0.185. The molecule has 1 aromatic rings. The zero-order chi connectivity index (χ0) is 10.7. The van der Waals surface area contributed by atoms with Gasteiger partial charge in [-0.3, -0.25) is 0 Å². The van der Waals surface area contributed by atoms with Gasteiger partial charge in [0.1, 0.15) is 11.6 Å². The van der Waals surface area contributed by atoms with Gasteiger partial charge in [0, 0.05) is 17.7 Å². The molecule has 0 aliphatic carbocycles. The Morgan fingerprint density at radius 3 is 2.50 bits per heavy atom. The summed E-state index contributed by atoms with van der Waals surface area (Å²) < 4.78 is 26.3. The first-order chi connectivity index (χ1) is 6.56. The van der Waals surface area contributed by atoms with Crippen LogP contribution in [0.1, 0.15) is 31.4 Å². The lowest BCUT2D eigenvalue weighted by atomic mass is 10.0. The van der Waals surface area contributed by atoms with Crippen LogP contribution in [-0.4, -0.2) is 0 Å². The van der Waals surface area contributed by atoms with Crippen LogP contribution in [0, 0.1) is 11.6 Å². The summed E-state index contributed by atoms with van der Waals surface area (Å²) in [5.41, 5.74) is 10.9. The Morgan fingerprint density at radius 2 is 1.93 bits per heavy atom. The van der Waals surface area contributed by atoms with Gasteiger partial charge in [-0.05, 0) is 12.5 Å². The van der Waals surface area contributed by atoms with Crippen LogP contribution in [0.5, 0.6) is 0 Å². The van der Waals surface area contributed by atoms with E-state index in [4.69, 9.17) is 11.5 Å². The van der Waals surface area contributed by atoms with E-state index in [0.717, 1.165) is 18.6 Å². The molecule has 0 amide bonds. The van der Waals surface area contributed by atoms with Crippen molar-refractivity contribution in [1.82, 2.24) is 0 Å². The van der Waals surface area contributed by atoms with Gasteiger partial charge >= 0.3 is 0 Å². The molecule has 4 N–H and O–H groups in total. The zero-order valence-corrected chi connectivity index (χ0v) is 8.06. The highest BCUT2D eigenvalue weighted by Crippen LogP contribution is 2.23. The number of hydrogen-bond donors (Lipinski definition) is 2. The fourth-order valence-corrected chi connectivity index (χ4v) is 1.33. The SMILES string of the molecule is CCC[C@@H](N)c1cc(F)c(N)cc1F. The third kappa shape index (κ3) is 2.20. The molecule has 0 bridgehead atoms. The lowest BCUT2D eigenvalue weighted by Gasteiger charge is -2.12. The van der Waals surface area contributed by atoms with Crippen LogP contribution in [0.25, 0.3) is 0 Å². The molecule has 2 nitrogen and oxygen atoms in total. The van der Waals surface area contributed by atoms with E-state index in [1.807, 2.05) is 6.92 Å². The third-order valence-corrected chi connectivity index (χ3v) is 2.12. The molecule has 1 aromatic carbocycles. The summed E-state index contributed by atoms with van der Waals surface area (Å²) in [7, 11) is 0. The van der Waals surface area contributed by atoms with E-state index in [1.165, 1.54) is 0 Å². The Hall–Kier alpha value is -1.16. The Kier molecular flexibility index (Phi) is 3.41. The zero-order valence-electron chi connectivity index (χ0n) is 8.06. The molecule has 0 unspecified atom stereocenters. The van der Waals surface area contributed by atoms with E-state index >= 15 is 0 Å². The molecule has 0 radical (unpaired) electrons. The minimum Gasteiger partial charge on any atom is -0.396 e. The number of hydrogen-bond acceptors (Lipinski definition) is 2. The van der Waals surface area contributed by atoms with Gasteiger partial charge in [0.05, 0.1) is 5.69 Å². The van der Waals surface area contributed by atoms with Gasteiger partial charge in [0.25, 0.3) is 0 Å². The first-order valence-corrected chi connectivity index (χ1v) is 4.56. The summed E-state index contributed by atoms with van der Waals surface area (Å²) >= 11 is 0. The van der Waals surface area contributed by atoms with Crippen LogP contribution in [0.4, 0.5) is 14.5 Å². The van der Waals surface area contributed by atoms with Gasteiger partial charge < -0.3 is 11.5 Å². The number of anilines is 1. The normalized spacial score (nSPS) is 12.9. The Morgan fingerprint density at radius 1 is 1.29 bits per heavy atom. The molecule has 78 valence electrons. The molecule has 0 heterocycles. The molecule has 0 aliphatic rings. The molecular weight excluding hydrogens is 186 g/mol. The van der Waals surface area contributed by atoms with Crippen LogP contribution in [0.15, 0.2) is 12.1 Å². The van der Waals surface area contributed by atoms with Crippen LogP contribution >= 0.6 is 0 Å². The summed E-state index contributed by atoms with van der Waals surface area (Å²) in [5.74, 6) is -1.15. The van der Waals surface area contributed by atoms with Gasteiger partial charge in [-0.2, -0.15) is 0 Å². The van der Waals surface area contributed by atoms with Crippen molar-refractivity contribution in [3.8, 4) is 0 Å². The lowest BCUT2D eigenvalue weighted by molar-refractivity contribution is 0.547. The average Bonchev–Trinajstić information content (AvgIpc) is 2.11. The van der Waals surface area contributed by atoms with Crippen molar-refractivity contribution in [3.63, 3.8) is 0 Å². The number of nitrogens with two attached hydrogens (primary N) is 2. The monoisotopic (exact) mass is 200 g/mol. The minimum atomic E-state index is -0.618. The second-order valence-electron chi connectivity index (χ2n) is 3.29. The first-order valence-electron chi connectivity index (χ1n) is 4.56. The third-order valence-electron chi connectivity index (χ3n) is 2.12. The van der Waals surface area contributed by atoms with Crippen molar-refractivity contribution in [2.45, 2.75) is 25.8 Å². The highest BCUT2D eigenvalue weighted by Gasteiger charge is 2.13. The maximum atomic E-state index is 13.3. The van der Waals surface area contributed by atoms with E-state index in [0.29, 0.717) is 6.42 Å². The summed E-state index contributed by atoms with van der Waals surface area (Å²) in [5, 5.41) is 0. The summed E-state index contributed by atoms with van der Waals surface area (Å²) in [6.45, 7) is 1.94. The molecule has 0 saturated heterocycles. The molecule has 0 saturated carbocycles. The smallest absolute Gasteiger partial charge is 0.146 e. The molecule has 0 aliphatic heterocycles. The van der Waals surface area contributed by atoms with Crippen LogP contribution in [0.3, 0.4) is 0 Å². The highest BCUT2D eigenvalue weighted by atomic mass is 19.1. The molecule has 0 fully saturated rings. The molecule has 1 atom stereocenters. The van der Waals surface area contributed by atoms with Crippen molar-refractivity contribution in [2.75, 3.05) is 5.73 Å². The summed E-state index contributed by atoms with van der Waals surface area (Å²) in [4.78, 5) is 0. The van der Waals surface area contributed by atoms with Crippen molar-refractivity contribution >= 4 is 5.69 Å². The van der Waals surface area contributed by atoms with Crippen LogP contribution < -0.4 is 11.5 Å². The number of benzene rings is 1. The van der Waals surface area contributed by atoms with E-state index in [2.05, 4.69) is 0 Å². The maximum Gasteiger partial charge on any atom is 0.146 e. The van der Waals surface area contributed by atoms with E-state index in [9.17, 15) is 8.78 Å². The van der Waals surface area contributed by atoms with Crippen molar-refractivity contribution in [3.05, 3.63) is 29.3 Å². The summed E-state index contributed by atoms with van der Waals surface area (Å²) in [6.07, 6.45) is 1.45. The quantitative estimate of drug-likeness (QED) is 0.736. The molecule has 0 aromatic heterocycles. The van der Waals surface area contributed by atoms with E-state index < -0.39 is 17.7 Å². The average molecular weight is 200 g/mol. The van der Waals surface area contributed by atoms with E-state index in [1.54, 1.807) is 0 Å². The standard InChI is InChI=1S/C10H14F2N2/c1-2-3-9(13)6-4-8(12)10(14)5-7(6)11/h4-5,9H,2-3,13-14H2,1H3/t9-/m1/s1. The fourth-order valence-electron chi connectivity index (χ4n) is 1.33. The highest BCUT2D eigenvalue weighted by molar-refractivity contribution is 5.43. The molecule has 14 heavy (non-hydrogen) atoms. The van der Waals surface area contributed by atoms with Crippen LogP contribution in [-0.2, 0) is 0 Å².